The number of ether oxygens (including phenoxy) is 1. The molecule has 19 heavy (non-hydrogen) atoms. The summed E-state index contributed by atoms with van der Waals surface area (Å²) in [6, 6.07) is 3.18. The summed E-state index contributed by atoms with van der Waals surface area (Å²) in [7, 11) is 1.47. The minimum Gasteiger partial charge on any atom is -0.496 e. The second kappa shape index (κ2) is 5.70. The van der Waals surface area contributed by atoms with Crippen molar-refractivity contribution in [3.05, 3.63) is 22.7 Å². The summed E-state index contributed by atoms with van der Waals surface area (Å²) in [6.45, 7) is 4.13. The van der Waals surface area contributed by atoms with Crippen LogP contribution in [0.5, 0.6) is 5.75 Å². The zero-order valence-corrected chi connectivity index (χ0v) is 11.9. The maximum Gasteiger partial charge on any atom is 0.339 e. The van der Waals surface area contributed by atoms with E-state index in [-0.39, 0.29) is 5.56 Å². The first kappa shape index (κ1) is 14.0. The molecule has 1 heterocycles. The molecule has 0 aliphatic carbocycles. The first-order valence-corrected chi connectivity index (χ1v) is 6.80. The fraction of sp³-hybridized carbons (Fsp3) is 0.500. The highest BCUT2D eigenvalue weighted by Crippen LogP contribution is 2.37. The van der Waals surface area contributed by atoms with Gasteiger partial charge < -0.3 is 14.7 Å². The lowest BCUT2D eigenvalue weighted by molar-refractivity contribution is 0.0693. The van der Waals surface area contributed by atoms with Gasteiger partial charge in [-0.1, -0.05) is 24.9 Å². The Labute approximate surface area is 117 Å². The summed E-state index contributed by atoms with van der Waals surface area (Å²) in [5, 5.41) is 9.55. The highest BCUT2D eigenvalue weighted by molar-refractivity contribution is 6.33. The Bertz CT molecular complexity index is 484. The number of carboxylic acids is 1. The topological polar surface area (TPSA) is 49.8 Å². The Kier molecular flexibility index (Phi) is 4.20. The maximum atomic E-state index is 11.1. The van der Waals surface area contributed by atoms with Gasteiger partial charge in [-0.05, 0) is 18.4 Å². The molecule has 5 heteroatoms. The van der Waals surface area contributed by atoms with Gasteiger partial charge in [0.05, 0.1) is 17.8 Å². The normalized spacial score (nSPS) is 15.2. The van der Waals surface area contributed by atoms with Gasteiger partial charge in [0, 0.05) is 19.2 Å². The van der Waals surface area contributed by atoms with E-state index in [1.54, 1.807) is 6.07 Å². The number of nitrogens with zero attached hydrogens (tertiary/aromatic N) is 1. The average molecular weight is 284 g/mol. The lowest BCUT2D eigenvalue weighted by Crippen LogP contribution is -2.46. The molecule has 0 amide bonds. The number of halogens is 1. The number of methoxy groups -OCH3 is 1. The van der Waals surface area contributed by atoms with Crippen LogP contribution in [0.1, 0.15) is 30.1 Å². The molecule has 4 nitrogen and oxygen atoms in total. The van der Waals surface area contributed by atoms with Gasteiger partial charge >= 0.3 is 5.97 Å². The van der Waals surface area contributed by atoms with Crippen LogP contribution in [0.15, 0.2) is 12.1 Å². The Balaban J connectivity index is 2.21. The fourth-order valence-corrected chi connectivity index (χ4v) is 2.76. The monoisotopic (exact) mass is 283 g/mol. The molecular formula is C14H18ClNO3. The molecule has 1 aromatic rings. The van der Waals surface area contributed by atoms with E-state index in [0.29, 0.717) is 16.7 Å². The fourth-order valence-electron chi connectivity index (χ4n) is 2.48. The molecule has 0 bridgehead atoms. The summed E-state index contributed by atoms with van der Waals surface area (Å²) < 4.78 is 5.13. The van der Waals surface area contributed by atoms with Crippen molar-refractivity contribution >= 4 is 23.3 Å². The Morgan fingerprint density at radius 1 is 1.53 bits per heavy atom. The zero-order chi connectivity index (χ0) is 14.0. The van der Waals surface area contributed by atoms with Crippen molar-refractivity contribution in [3.8, 4) is 5.75 Å². The van der Waals surface area contributed by atoms with E-state index in [0.717, 1.165) is 18.8 Å². The highest BCUT2D eigenvalue weighted by atomic mass is 35.5. The van der Waals surface area contributed by atoms with Gasteiger partial charge in [-0.15, -0.1) is 0 Å². The molecule has 1 saturated heterocycles. The lowest BCUT2D eigenvalue weighted by Gasteiger charge is -2.41. The van der Waals surface area contributed by atoms with E-state index in [2.05, 4.69) is 11.8 Å². The van der Waals surface area contributed by atoms with Crippen molar-refractivity contribution in [1.29, 1.82) is 0 Å². The van der Waals surface area contributed by atoms with Crippen LogP contribution in [0.2, 0.25) is 5.02 Å². The number of carboxylic acid groups (broad SMARTS) is 1. The van der Waals surface area contributed by atoms with Gasteiger partial charge in [0.2, 0.25) is 0 Å². The number of anilines is 1. The van der Waals surface area contributed by atoms with E-state index in [9.17, 15) is 4.79 Å². The van der Waals surface area contributed by atoms with Gasteiger partial charge in [0.25, 0.3) is 0 Å². The van der Waals surface area contributed by atoms with E-state index >= 15 is 0 Å². The maximum absolute atomic E-state index is 11.1. The smallest absolute Gasteiger partial charge is 0.339 e. The van der Waals surface area contributed by atoms with Crippen LogP contribution in [0.25, 0.3) is 0 Å². The average Bonchev–Trinajstić information content (AvgIpc) is 2.33. The molecule has 1 aromatic carbocycles. The second-order valence-electron chi connectivity index (χ2n) is 4.87. The third-order valence-electron chi connectivity index (χ3n) is 3.49. The molecule has 0 radical (unpaired) electrons. The van der Waals surface area contributed by atoms with Crippen molar-refractivity contribution < 1.29 is 14.6 Å². The number of carbonyl (C=O) groups is 1. The molecule has 1 fully saturated rings. The molecule has 0 aromatic heterocycles. The molecular weight excluding hydrogens is 266 g/mol. The van der Waals surface area contributed by atoms with Crippen LogP contribution >= 0.6 is 11.6 Å². The SMILES string of the molecule is CCCC1CN(c2cc(OC)c(C(=O)O)cc2Cl)C1. The first-order valence-electron chi connectivity index (χ1n) is 6.42. The molecule has 2 rings (SSSR count). The summed E-state index contributed by atoms with van der Waals surface area (Å²) in [4.78, 5) is 13.2. The third-order valence-corrected chi connectivity index (χ3v) is 3.80. The van der Waals surface area contributed by atoms with E-state index in [4.69, 9.17) is 21.4 Å². The molecule has 0 atom stereocenters. The number of rotatable bonds is 5. The van der Waals surface area contributed by atoms with Gasteiger partial charge in [0.15, 0.2) is 0 Å². The summed E-state index contributed by atoms with van der Waals surface area (Å²) in [5.41, 5.74) is 0.956. The summed E-state index contributed by atoms with van der Waals surface area (Å²) in [5.74, 6) is 0.0369. The van der Waals surface area contributed by atoms with Crippen LogP contribution < -0.4 is 9.64 Å². The van der Waals surface area contributed by atoms with E-state index in [1.165, 1.54) is 26.0 Å². The van der Waals surface area contributed by atoms with Crippen LogP contribution in [0.3, 0.4) is 0 Å². The van der Waals surface area contributed by atoms with Crippen LogP contribution in [-0.2, 0) is 0 Å². The van der Waals surface area contributed by atoms with E-state index < -0.39 is 5.97 Å². The van der Waals surface area contributed by atoms with Crippen molar-refractivity contribution in [2.75, 3.05) is 25.1 Å². The minimum atomic E-state index is -1.03. The highest BCUT2D eigenvalue weighted by Gasteiger charge is 2.28. The van der Waals surface area contributed by atoms with Crippen LogP contribution in [0, 0.1) is 5.92 Å². The number of aromatic carboxylic acids is 1. The largest absolute Gasteiger partial charge is 0.496 e. The lowest BCUT2D eigenvalue weighted by atomic mass is 9.94. The van der Waals surface area contributed by atoms with Crippen molar-refractivity contribution in [3.63, 3.8) is 0 Å². The van der Waals surface area contributed by atoms with Crippen molar-refractivity contribution in [1.82, 2.24) is 0 Å². The molecule has 1 aliphatic rings. The van der Waals surface area contributed by atoms with Gasteiger partial charge in [-0.25, -0.2) is 4.79 Å². The number of hydrogen-bond acceptors (Lipinski definition) is 3. The van der Waals surface area contributed by atoms with Crippen LogP contribution in [0.4, 0.5) is 5.69 Å². The standard InChI is InChI=1S/C14H18ClNO3/c1-3-4-9-7-16(8-9)12-6-13(19-2)10(14(17)18)5-11(12)15/h5-6,9H,3-4,7-8H2,1-2H3,(H,17,18). The Hall–Kier alpha value is -1.42. The van der Waals surface area contributed by atoms with Gasteiger partial charge in [-0.2, -0.15) is 0 Å². The second-order valence-corrected chi connectivity index (χ2v) is 5.28. The molecule has 0 saturated carbocycles. The number of benzene rings is 1. The predicted octanol–water partition coefficient (Wildman–Crippen LogP) is 3.28. The number of hydrogen-bond donors (Lipinski definition) is 1. The Morgan fingerprint density at radius 2 is 2.21 bits per heavy atom. The van der Waals surface area contributed by atoms with Crippen molar-refractivity contribution in [2.24, 2.45) is 5.92 Å². The molecule has 0 unspecified atom stereocenters. The summed E-state index contributed by atoms with van der Waals surface area (Å²) in [6.07, 6.45) is 2.41. The van der Waals surface area contributed by atoms with Gasteiger partial charge in [0.1, 0.15) is 11.3 Å². The third kappa shape index (κ3) is 2.78. The van der Waals surface area contributed by atoms with Crippen molar-refractivity contribution in [2.45, 2.75) is 19.8 Å². The molecule has 104 valence electrons. The predicted molar refractivity (Wildman–Crippen MR) is 75.6 cm³/mol. The van der Waals surface area contributed by atoms with E-state index in [1.807, 2.05) is 0 Å². The summed E-state index contributed by atoms with van der Waals surface area (Å²) >= 11 is 6.17. The molecule has 0 spiro atoms. The first-order chi connectivity index (χ1) is 9.06. The molecule has 1 N–H and O–H groups in total. The quantitative estimate of drug-likeness (QED) is 0.901. The minimum absolute atomic E-state index is 0.0990. The van der Waals surface area contributed by atoms with Gasteiger partial charge in [-0.3, -0.25) is 0 Å². The van der Waals surface area contributed by atoms with Crippen LogP contribution in [-0.4, -0.2) is 31.3 Å². The Morgan fingerprint density at radius 3 is 2.74 bits per heavy atom. The molecule has 1 aliphatic heterocycles. The zero-order valence-electron chi connectivity index (χ0n) is 11.1.